The number of rotatable bonds is 4. The number of hydrogen-bond donors (Lipinski definition) is 0. The van der Waals surface area contributed by atoms with Gasteiger partial charge in [-0.15, -0.1) is 0 Å². The molecular formula is C18H17BrClNO3S. The van der Waals surface area contributed by atoms with Crippen LogP contribution in [0.2, 0.25) is 5.02 Å². The van der Waals surface area contributed by atoms with Crippen molar-refractivity contribution in [2.45, 2.75) is 19.0 Å². The van der Waals surface area contributed by atoms with Crippen molar-refractivity contribution in [2.75, 3.05) is 11.5 Å². The van der Waals surface area contributed by atoms with Gasteiger partial charge < -0.3 is 4.90 Å². The molecule has 2 aromatic rings. The Morgan fingerprint density at radius 3 is 2.60 bits per heavy atom. The summed E-state index contributed by atoms with van der Waals surface area (Å²) in [6.07, 6.45) is 0.457. The van der Waals surface area contributed by atoms with Crippen molar-refractivity contribution in [3.05, 3.63) is 69.2 Å². The van der Waals surface area contributed by atoms with Crippen LogP contribution >= 0.6 is 27.5 Å². The van der Waals surface area contributed by atoms with Crippen LogP contribution < -0.4 is 0 Å². The number of halogens is 2. The quantitative estimate of drug-likeness (QED) is 0.721. The van der Waals surface area contributed by atoms with Crippen LogP contribution in [0.5, 0.6) is 0 Å². The number of nitrogens with zero attached hydrogens (tertiary/aromatic N) is 1. The van der Waals surface area contributed by atoms with Gasteiger partial charge >= 0.3 is 0 Å². The molecule has 0 spiro atoms. The topological polar surface area (TPSA) is 54.5 Å². The molecule has 0 aromatic heterocycles. The highest BCUT2D eigenvalue weighted by Gasteiger charge is 2.35. The van der Waals surface area contributed by atoms with E-state index in [-0.39, 0.29) is 23.5 Å². The SMILES string of the molecule is O=C(c1ccccc1Br)N(Cc1cccc(Cl)c1)[C@@H]1CCS(=O)(=O)C1. The van der Waals surface area contributed by atoms with Gasteiger partial charge in [0.15, 0.2) is 9.84 Å². The van der Waals surface area contributed by atoms with Gasteiger partial charge in [0.25, 0.3) is 5.91 Å². The van der Waals surface area contributed by atoms with E-state index >= 15 is 0 Å². The molecule has 132 valence electrons. The van der Waals surface area contributed by atoms with Gasteiger partial charge in [0.05, 0.1) is 17.1 Å². The third-order valence-corrected chi connectivity index (χ3v) is 6.93. The second kappa shape index (κ2) is 7.48. The summed E-state index contributed by atoms with van der Waals surface area (Å²) in [5.41, 5.74) is 1.39. The van der Waals surface area contributed by atoms with Crippen molar-refractivity contribution in [1.82, 2.24) is 4.90 Å². The van der Waals surface area contributed by atoms with Gasteiger partial charge in [-0.3, -0.25) is 4.79 Å². The normalized spacial score (nSPS) is 18.9. The van der Waals surface area contributed by atoms with Gasteiger partial charge in [-0.25, -0.2) is 8.42 Å². The molecule has 4 nitrogen and oxygen atoms in total. The van der Waals surface area contributed by atoms with E-state index in [4.69, 9.17) is 11.6 Å². The summed E-state index contributed by atoms with van der Waals surface area (Å²) in [6.45, 7) is 0.320. The molecule has 1 saturated heterocycles. The molecule has 1 fully saturated rings. The summed E-state index contributed by atoms with van der Waals surface area (Å²) < 4.78 is 24.5. The summed E-state index contributed by atoms with van der Waals surface area (Å²) in [5.74, 6) is -0.0639. The summed E-state index contributed by atoms with van der Waals surface area (Å²) in [5, 5.41) is 0.588. The molecule has 1 aliphatic heterocycles. The number of hydrogen-bond acceptors (Lipinski definition) is 3. The van der Waals surface area contributed by atoms with Crippen LogP contribution in [0.4, 0.5) is 0 Å². The van der Waals surface area contributed by atoms with E-state index in [9.17, 15) is 13.2 Å². The molecule has 0 radical (unpaired) electrons. The Labute approximate surface area is 160 Å². The Morgan fingerprint density at radius 2 is 1.96 bits per heavy atom. The second-order valence-corrected chi connectivity index (χ2v) is 9.62. The number of carbonyl (C=O) groups is 1. The van der Waals surface area contributed by atoms with Gasteiger partial charge in [0.1, 0.15) is 0 Å². The van der Waals surface area contributed by atoms with E-state index in [1.807, 2.05) is 18.2 Å². The predicted octanol–water partition coefficient (Wildman–Crippen LogP) is 3.93. The van der Waals surface area contributed by atoms with Crippen molar-refractivity contribution in [1.29, 1.82) is 0 Å². The van der Waals surface area contributed by atoms with Crippen LogP contribution in [0.1, 0.15) is 22.3 Å². The summed E-state index contributed by atoms with van der Waals surface area (Å²) in [6, 6.07) is 14.1. The fourth-order valence-corrected chi connectivity index (χ4v) is 5.41. The summed E-state index contributed by atoms with van der Waals surface area (Å²) in [4.78, 5) is 14.8. The van der Waals surface area contributed by atoms with E-state index in [1.165, 1.54) is 0 Å². The molecule has 1 aliphatic rings. The van der Waals surface area contributed by atoms with Gasteiger partial charge in [-0.2, -0.15) is 0 Å². The molecule has 0 aliphatic carbocycles. The highest BCUT2D eigenvalue weighted by Crippen LogP contribution is 2.25. The van der Waals surface area contributed by atoms with Crippen LogP contribution in [0.3, 0.4) is 0 Å². The molecule has 7 heteroatoms. The molecule has 1 amide bonds. The first-order valence-corrected chi connectivity index (χ1v) is 10.9. The first-order chi connectivity index (χ1) is 11.9. The zero-order chi connectivity index (χ0) is 18.0. The smallest absolute Gasteiger partial charge is 0.255 e. The van der Waals surface area contributed by atoms with E-state index in [0.29, 0.717) is 28.0 Å². The Hall–Kier alpha value is -1.37. The average Bonchev–Trinajstić information content (AvgIpc) is 2.92. The summed E-state index contributed by atoms with van der Waals surface area (Å²) >= 11 is 9.45. The fraction of sp³-hybridized carbons (Fsp3) is 0.278. The van der Waals surface area contributed by atoms with Crippen LogP contribution in [0, 0.1) is 0 Å². The van der Waals surface area contributed by atoms with Gasteiger partial charge in [-0.05, 0) is 52.2 Å². The zero-order valence-electron chi connectivity index (χ0n) is 13.4. The van der Waals surface area contributed by atoms with Gasteiger partial charge in [-0.1, -0.05) is 35.9 Å². The largest absolute Gasteiger partial charge is 0.330 e. The average molecular weight is 443 g/mol. The summed E-state index contributed by atoms with van der Waals surface area (Å²) in [7, 11) is -3.10. The first kappa shape index (κ1) is 18.4. The Bertz CT molecular complexity index is 901. The van der Waals surface area contributed by atoms with Crippen molar-refractivity contribution in [3.63, 3.8) is 0 Å². The van der Waals surface area contributed by atoms with Crippen molar-refractivity contribution >= 4 is 43.3 Å². The Morgan fingerprint density at radius 1 is 1.20 bits per heavy atom. The molecule has 2 aromatic carbocycles. The lowest BCUT2D eigenvalue weighted by Gasteiger charge is -2.29. The van der Waals surface area contributed by atoms with Crippen molar-refractivity contribution in [2.24, 2.45) is 0 Å². The minimum atomic E-state index is -3.10. The zero-order valence-corrected chi connectivity index (χ0v) is 16.5. The molecule has 0 saturated carbocycles. The second-order valence-electron chi connectivity index (χ2n) is 6.10. The molecule has 0 unspecified atom stereocenters. The third-order valence-electron chi connectivity index (χ3n) is 4.26. The lowest BCUT2D eigenvalue weighted by Crippen LogP contribution is -2.40. The van der Waals surface area contributed by atoms with Crippen molar-refractivity contribution < 1.29 is 13.2 Å². The lowest BCUT2D eigenvalue weighted by molar-refractivity contribution is 0.0680. The van der Waals surface area contributed by atoms with E-state index in [0.717, 1.165) is 5.56 Å². The minimum absolute atomic E-state index is 0.00373. The lowest BCUT2D eigenvalue weighted by atomic mass is 10.1. The first-order valence-electron chi connectivity index (χ1n) is 7.86. The van der Waals surface area contributed by atoms with Crippen LogP contribution in [-0.4, -0.2) is 36.8 Å². The number of amides is 1. The maximum atomic E-state index is 13.1. The highest BCUT2D eigenvalue weighted by atomic mass is 79.9. The Kier molecular flexibility index (Phi) is 5.51. The molecule has 3 rings (SSSR count). The standard InChI is InChI=1S/C18H17BrClNO3S/c19-17-7-2-1-6-16(17)18(22)21(15-8-9-25(23,24)12-15)11-13-4-3-5-14(20)10-13/h1-7,10,15H,8-9,11-12H2/t15-/m1/s1. The predicted molar refractivity (Wildman–Crippen MR) is 103 cm³/mol. The van der Waals surface area contributed by atoms with E-state index in [1.54, 1.807) is 35.2 Å². The monoisotopic (exact) mass is 441 g/mol. The van der Waals surface area contributed by atoms with Crippen molar-refractivity contribution in [3.8, 4) is 0 Å². The molecule has 1 heterocycles. The fourth-order valence-electron chi connectivity index (χ4n) is 3.01. The molecular weight excluding hydrogens is 426 g/mol. The van der Waals surface area contributed by atoms with Crippen LogP contribution in [0.25, 0.3) is 0 Å². The molecule has 0 bridgehead atoms. The van der Waals surface area contributed by atoms with Crippen LogP contribution in [-0.2, 0) is 16.4 Å². The maximum absolute atomic E-state index is 13.1. The minimum Gasteiger partial charge on any atom is -0.330 e. The third kappa shape index (κ3) is 4.43. The van der Waals surface area contributed by atoms with Gasteiger partial charge in [0, 0.05) is 22.1 Å². The Balaban J connectivity index is 1.94. The number of benzene rings is 2. The number of sulfone groups is 1. The maximum Gasteiger partial charge on any atom is 0.255 e. The molecule has 0 N–H and O–H groups in total. The molecule has 25 heavy (non-hydrogen) atoms. The van der Waals surface area contributed by atoms with E-state index in [2.05, 4.69) is 15.9 Å². The van der Waals surface area contributed by atoms with E-state index < -0.39 is 9.84 Å². The molecule has 1 atom stereocenters. The highest BCUT2D eigenvalue weighted by molar-refractivity contribution is 9.10. The van der Waals surface area contributed by atoms with Gasteiger partial charge in [0.2, 0.25) is 0 Å². The van der Waals surface area contributed by atoms with Crippen LogP contribution in [0.15, 0.2) is 53.0 Å². The number of carbonyl (C=O) groups excluding carboxylic acids is 1.